The lowest BCUT2D eigenvalue weighted by Crippen LogP contribution is -2.29. The summed E-state index contributed by atoms with van der Waals surface area (Å²) in [6, 6.07) is 20.4. The van der Waals surface area contributed by atoms with E-state index in [1.807, 2.05) is 0 Å². The molecule has 0 spiro atoms. The monoisotopic (exact) mass is 402 g/mol. The largest absolute Gasteiger partial charge is 0.322 e. The summed E-state index contributed by atoms with van der Waals surface area (Å²) in [6.07, 6.45) is 3.07. The van der Waals surface area contributed by atoms with Gasteiger partial charge in [-0.25, -0.2) is 4.90 Å². The maximum absolute atomic E-state index is 12.6. The van der Waals surface area contributed by atoms with E-state index in [0.29, 0.717) is 27.5 Å². The van der Waals surface area contributed by atoms with E-state index in [1.54, 1.807) is 78.9 Å². The highest BCUT2D eigenvalue weighted by atomic mass is 35.5. The Balaban J connectivity index is 1.51. The summed E-state index contributed by atoms with van der Waals surface area (Å²) >= 11 is 5.85. The lowest BCUT2D eigenvalue weighted by atomic mass is 10.1. The van der Waals surface area contributed by atoms with Crippen LogP contribution in [-0.2, 0) is 4.79 Å². The molecule has 0 atom stereocenters. The Labute approximate surface area is 172 Å². The zero-order valence-corrected chi connectivity index (χ0v) is 15.9. The third-order valence-corrected chi connectivity index (χ3v) is 4.72. The molecular formula is C23H15ClN2O3. The molecule has 0 fully saturated rings. The van der Waals surface area contributed by atoms with Crippen molar-refractivity contribution in [2.24, 2.45) is 0 Å². The lowest BCUT2D eigenvalue weighted by molar-refractivity contribution is -0.111. The van der Waals surface area contributed by atoms with Crippen LogP contribution in [0.25, 0.3) is 6.08 Å². The van der Waals surface area contributed by atoms with E-state index in [4.69, 9.17) is 11.6 Å². The van der Waals surface area contributed by atoms with Crippen molar-refractivity contribution in [3.05, 3.63) is 101 Å². The molecule has 0 saturated heterocycles. The maximum Gasteiger partial charge on any atom is 0.266 e. The number of carbonyl (C=O) groups is 3. The molecule has 142 valence electrons. The Bertz CT molecular complexity index is 1120. The zero-order chi connectivity index (χ0) is 20.4. The van der Waals surface area contributed by atoms with Gasteiger partial charge in [-0.05, 0) is 54.1 Å². The van der Waals surface area contributed by atoms with Crippen LogP contribution in [-0.4, -0.2) is 17.7 Å². The van der Waals surface area contributed by atoms with Crippen molar-refractivity contribution >= 4 is 46.8 Å². The van der Waals surface area contributed by atoms with Crippen LogP contribution in [0.4, 0.5) is 11.4 Å². The fraction of sp³-hybridized carbons (Fsp3) is 0. The summed E-state index contributed by atoms with van der Waals surface area (Å²) in [5.41, 5.74) is 2.46. The standard InChI is InChI=1S/C23H15ClN2O3/c24-16-11-8-15(9-12-16)10-13-21(27)25-17-4-3-5-18(14-17)26-22(28)19-6-1-2-7-20(19)23(26)29/h1-14H,(H,25,27)/b13-10+. The van der Waals surface area contributed by atoms with Crippen LogP contribution >= 0.6 is 11.6 Å². The van der Waals surface area contributed by atoms with Crippen LogP contribution in [0.3, 0.4) is 0 Å². The van der Waals surface area contributed by atoms with E-state index in [2.05, 4.69) is 5.32 Å². The smallest absolute Gasteiger partial charge is 0.266 e. The third kappa shape index (κ3) is 3.81. The Hall–Kier alpha value is -3.70. The van der Waals surface area contributed by atoms with Crippen molar-refractivity contribution < 1.29 is 14.4 Å². The molecule has 0 aliphatic carbocycles. The van der Waals surface area contributed by atoms with Gasteiger partial charge in [0.05, 0.1) is 16.8 Å². The van der Waals surface area contributed by atoms with Gasteiger partial charge in [-0.3, -0.25) is 14.4 Å². The van der Waals surface area contributed by atoms with Crippen molar-refractivity contribution in [3.8, 4) is 0 Å². The van der Waals surface area contributed by atoms with Crippen molar-refractivity contribution in [2.45, 2.75) is 0 Å². The summed E-state index contributed by atoms with van der Waals surface area (Å²) in [5.74, 6) is -1.09. The number of rotatable bonds is 4. The molecule has 1 aliphatic heterocycles. The average molecular weight is 403 g/mol. The van der Waals surface area contributed by atoms with E-state index >= 15 is 0 Å². The Kier molecular flexibility index (Phi) is 4.97. The van der Waals surface area contributed by atoms with Gasteiger partial charge in [0.2, 0.25) is 5.91 Å². The molecule has 3 aromatic rings. The molecule has 1 heterocycles. The van der Waals surface area contributed by atoms with E-state index < -0.39 is 0 Å². The van der Waals surface area contributed by atoms with Gasteiger partial charge in [0.25, 0.3) is 11.8 Å². The van der Waals surface area contributed by atoms with Crippen molar-refractivity contribution in [3.63, 3.8) is 0 Å². The third-order valence-electron chi connectivity index (χ3n) is 4.46. The first kappa shape index (κ1) is 18.7. The Morgan fingerprint density at radius 2 is 1.52 bits per heavy atom. The summed E-state index contributed by atoms with van der Waals surface area (Å²) in [5, 5.41) is 3.36. The Morgan fingerprint density at radius 3 is 2.17 bits per heavy atom. The number of halogens is 1. The first-order valence-corrected chi connectivity index (χ1v) is 9.23. The molecule has 0 bridgehead atoms. The average Bonchev–Trinajstić information content (AvgIpc) is 2.98. The molecule has 5 nitrogen and oxygen atoms in total. The molecule has 29 heavy (non-hydrogen) atoms. The van der Waals surface area contributed by atoms with Gasteiger partial charge in [-0.1, -0.05) is 41.9 Å². The number of imide groups is 1. The van der Waals surface area contributed by atoms with E-state index in [1.165, 1.54) is 6.08 Å². The Morgan fingerprint density at radius 1 is 0.862 bits per heavy atom. The molecule has 3 aromatic carbocycles. The number of hydrogen-bond acceptors (Lipinski definition) is 3. The van der Waals surface area contributed by atoms with Crippen LogP contribution in [0.2, 0.25) is 5.02 Å². The summed E-state index contributed by atoms with van der Waals surface area (Å²) in [6.45, 7) is 0. The number of benzene rings is 3. The van der Waals surface area contributed by atoms with Gasteiger partial charge in [0.1, 0.15) is 0 Å². The first-order chi connectivity index (χ1) is 14.0. The van der Waals surface area contributed by atoms with Crippen LogP contribution in [0, 0.1) is 0 Å². The van der Waals surface area contributed by atoms with E-state index in [0.717, 1.165) is 10.5 Å². The van der Waals surface area contributed by atoms with Gasteiger partial charge in [0.15, 0.2) is 0 Å². The molecule has 6 heteroatoms. The predicted molar refractivity (Wildman–Crippen MR) is 113 cm³/mol. The quantitative estimate of drug-likeness (QED) is 0.504. The molecule has 0 unspecified atom stereocenters. The van der Waals surface area contributed by atoms with Crippen molar-refractivity contribution in [2.75, 3.05) is 10.2 Å². The summed E-state index contributed by atoms with van der Waals surface area (Å²) in [4.78, 5) is 38.6. The topological polar surface area (TPSA) is 66.5 Å². The van der Waals surface area contributed by atoms with E-state index in [9.17, 15) is 14.4 Å². The number of anilines is 2. The van der Waals surface area contributed by atoms with Crippen LogP contribution < -0.4 is 10.2 Å². The second kappa shape index (κ2) is 7.73. The normalized spacial score (nSPS) is 13.1. The number of nitrogens with one attached hydrogen (secondary N) is 1. The highest BCUT2D eigenvalue weighted by Crippen LogP contribution is 2.29. The summed E-state index contributed by atoms with van der Waals surface area (Å²) < 4.78 is 0. The van der Waals surface area contributed by atoms with Gasteiger partial charge in [-0.15, -0.1) is 0 Å². The highest BCUT2D eigenvalue weighted by molar-refractivity contribution is 6.34. The van der Waals surface area contributed by atoms with Gasteiger partial charge in [-0.2, -0.15) is 0 Å². The second-order valence-corrected chi connectivity index (χ2v) is 6.85. The second-order valence-electron chi connectivity index (χ2n) is 6.42. The lowest BCUT2D eigenvalue weighted by Gasteiger charge is -2.15. The number of hydrogen-bond donors (Lipinski definition) is 1. The molecule has 1 aliphatic rings. The zero-order valence-electron chi connectivity index (χ0n) is 15.1. The van der Waals surface area contributed by atoms with Gasteiger partial charge < -0.3 is 5.32 Å². The van der Waals surface area contributed by atoms with Gasteiger partial charge in [0, 0.05) is 16.8 Å². The minimum Gasteiger partial charge on any atom is -0.322 e. The molecular weight excluding hydrogens is 388 g/mol. The molecule has 1 N–H and O–H groups in total. The van der Waals surface area contributed by atoms with E-state index in [-0.39, 0.29) is 17.7 Å². The SMILES string of the molecule is O=C(/C=C/c1ccc(Cl)cc1)Nc1cccc(N2C(=O)c3ccccc3C2=O)c1. The molecule has 0 saturated carbocycles. The number of carbonyl (C=O) groups excluding carboxylic acids is 3. The molecule has 4 rings (SSSR count). The van der Waals surface area contributed by atoms with Gasteiger partial charge >= 0.3 is 0 Å². The number of fused-ring (bicyclic) bond motifs is 1. The number of nitrogens with zero attached hydrogens (tertiary/aromatic N) is 1. The summed E-state index contributed by atoms with van der Waals surface area (Å²) in [7, 11) is 0. The van der Waals surface area contributed by atoms with Crippen molar-refractivity contribution in [1.29, 1.82) is 0 Å². The fourth-order valence-corrected chi connectivity index (χ4v) is 3.20. The van der Waals surface area contributed by atoms with Crippen molar-refractivity contribution in [1.82, 2.24) is 0 Å². The highest BCUT2D eigenvalue weighted by Gasteiger charge is 2.36. The molecule has 0 radical (unpaired) electrons. The first-order valence-electron chi connectivity index (χ1n) is 8.85. The van der Waals surface area contributed by atoms with Crippen LogP contribution in [0.5, 0.6) is 0 Å². The minimum absolute atomic E-state index is 0.334. The maximum atomic E-state index is 12.6. The van der Waals surface area contributed by atoms with Crippen LogP contribution in [0.1, 0.15) is 26.3 Å². The van der Waals surface area contributed by atoms with Crippen LogP contribution in [0.15, 0.2) is 78.9 Å². The minimum atomic E-state index is -0.378. The molecule has 0 aromatic heterocycles. The number of amides is 3. The molecule has 3 amide bonds. The predicted octanol–water partition coefficient (Wildman–Crippen LogP) is 4.79. The fourth-order valence-electron chi connectivity index (χ4n) is 3.08.